The van der Waals surface area contributed by atoms with Crippen molar-refractivity contribution >= 4 is 23.8 Å². The molecule has 0 fully saturated rings. The number of fused-ring (bicyclic) bond motifs is 1. The molecule has 0 spiro atoms. The highest BCUT2D eigenvalue weighted by molar-refractivity contribution is 7.61. The van der Waals surface area contributed by atoms with Gasteiger partial charge in [0.2, 0.25) is 6.20 Å². The van der Waals surface area contributed by atoms with Crippen molar-refractivity contribution in [3.63, 3.8) is 0 Å². The fourth-order valence-corrected chi connectivity index (χ4v) is 2.84. The first-order valence-electron chi connectivity index (χ1n) is 5.21. The van der Waals surface area contributed by atoms with Gasteiger partial charge in [-0.25, -0.2) is 0 Å². The molecule has 1 atom stereocenters. The van der Waals surface area contributed by atoms with Gasteiger partial charge in [0.25, 0.3) is 0 Å². The maximum Gasteiger partial charge on any atom is 0.366 e. The van der Waals surface area contributed by atoms with E-state index in [-0.39, 0.29) is 11.9 Å². The summed E-state index contributed by atoms with van der Waals surface area (Å²) >= 11 is 0. The van der Waals surface area contributed by atoms with Gasteiger partial charge in [-0.1, -0.05) is 28.8 Å². The largest absolute Gasteiger partial charge is 0.366 e. The molecule has 0 saturated carbocycles. The Hall–Kier alpha value is -1.73. The number of nitrogens with zero attached hydrogens (tertiary/aromatic N) is 2. The number of benzene rings is 1. The third-order valence-corrected chi connectivity index (χ3v) is 3.83. The minimum Gasteiger partial charge on any atom is -0.321 e. The molecule has 92 valence electrons. The van der Waals surface area contributed by atoms with Crippen LogP contribution in [0.15, 0.2) is 30.5 Å². The average molecular weight is 263 g/mol. The second kappa shape index (κ2) is 4.87. The zero-order chi connectivity index (χ0) is 13.2. The van der Waals surface area contributed by atoms with E-state index >= 15 is 0 Å². The molecular formula is C12H12N2O3P+. The van der Waals surface area contributed by atoms with Crippen LogP contribution in [-0.4, -0.2) is 16.6 Å². The maximum absolute atomic E-state index is 12.1. The van der Waals surface area contributed by atoms with Crippen LogP contribution < -0.4 is 9.99 Å². The smallest absolute Gasteiger partial charge is 0.321 e. The number of rotatable bonds is 3. The molecule has 0 aliphatic carbocycles. The lowest BCUT2D eigenvalue weighted by atomic mass is 10.2. The molecule has 1 aromatic heterocycles. The van der Waals surface area contributed by atoms with Crippen molar-refractivity contribution in [3.8, 4) is 12.3 Å². The zero-order valence-electron chi connectivity index (χ0n) is 9.78. The number of terminal acetylenes is 1. The van der Waals surface area contributed by atoms with Gasteiger partial charge in [0.1, 0.15) is 17.4 Å². The Morgan fingerprint density at radius 2 is 2.28 bits per heavy atom. The van der Waals surface area contributed by atoms with Crippen LogP contribution in [0.1, 0.15) is 0 Å². The molecular weight excluding hydrogens is 251 g/mol. The lowest BCUT2D eigenvalue weighted by Gasteiger charge is -2.10. The Bertz CT molecular complexity index is 679. The standard InChI is InChI=1S/C12H11N2O3P/c1-3-8-17-18(15,16)12-9-14(2)13-11-7-5-4-6-10(11)12/h1,4-7,9H,8H2,2H3/p+1. The quantitative estimate of drug-likeness (QED) is 0.498. The summed E-state index contributed by atoms with van der Waals surface area (Å²) < 4.78 is 18.5. The normalized spacial score (nSPS) is 14.1. The van der Waals surface area contributed by atoms with E-state index in [1.54, 1.807) is 25.2 Å². The van der Waals surface area contributed by atoms with E-state index in [1.807, 2.05) is 6.07 Å². The molecule has 5 nitrogen and oxygen atoms in total. The molecule has 0 bridgehead atoms. The van der Waals surface area contributed by atoms with Crippen molar-refractivity contribution in [2.24, 2.45) is 7.05 Å². The minimum atomic E-state index is -3.94. The van der Waals surface area contributed by atoms with Crippen LogP contribution in [0.5, 0.6) is 0 Å². The molecule has 0 aliphatic heterocycles. The van der Waals surface area contributed by atoms with Crippen molar-refractivity contribution in [1.29, 1.82) is 0 Å². The number of aromatic nitrogens is 2. The highest BCUT2D eigenvalue weighted by Crippen LogP contribution is 2.41. The molecule has 0 aliphatic rings. The molecule has 6 heteroatoms. The summed E-state index contributed by atoms with van der Waals surface area (Å²) in [6.07, 6.45) is 6.50. The molecule has 0 amide bonds. The Balaban J connectivity index is 2.63. The summed E-state index contributed by atoms with van der Waals surface area (Å²) in [6.45, 7) is -0.214. The van der Waals surface area contributed by atoms with Crippen LogP contribution in [0.2, 0.25) is 0 Å². The van der Waals surface area contributed by atoms with Gasteiger partial charge >= 0.3 is 7.60 Å². The summed E-state index contributed by atoms with van der Waals surface area (Å²) in [5.74, 6) is 2.18. The minimum absolute atomic E-state index is 0.200. The molecule has 0 saturated heterocycles. The van der Waals surface area contributed by atoms with Gasteiger partial charge in [0.15, 0.2) is 7.05 Å². The van der Waals surface area contributed by atoms with E-state index in [4.69, 9.17) is 10.9 Å². The van der Waals surface area contributed by atoms with Gasteiger partial charge in [-0.05, 0) is 11.2 Å². The molecule has 2 aromatic rings. The fraction of sp³-hybridized carbons (Fsp3) is 0.167. The van der Waals surface area contributed by atoms with E-state index in [9.17, 15) is 9.46 Å². The fourth-order valence-electron chi connectivity index (χ4n) is 1.64. The van der Waals surface area contributed by atoms with Crippen molar-refractivity contribution in [3.05, 3.63) is 30.5 Å². The van der Waals surface area contributed by atoms with Gasteiger partial charge in [0, 0.05) is 5.39 Å². The number of hydrogen-bond donors (Lipinski definition) is 1. The van der Waals surface area contributed by atoms with Crippen LogP contribution in [-0.2, 0) is 16.1 Å². The van der Waals surface area contributed by atoms with E-state index in [0.717, 1.165) is 0 Å². The summed E-state index contributed by atoms with van der Waals surface area (Å²) in [4.78, 5) is 9.94. The molecule has 1 heterocycles. The van der Waals surface area contributed by atoms with Gasteiger partial charge < -0.3 is 4.89 Å². The lowest BCUT2D eigenvalue weighted by Crippen LogP contribution is -2.36. The third kappa shape index (κ3) is 2.41. The van der Waals surface area contributed by atoms with E-state index in [0.29, 0.717) is 10.9 Å². The second-order valence-corrected chi connectivity index (χ2v) is 5.48. The predicted molar refractivity (Wildman–Crippen MR) is 67.2 cm³/mol. The SMILES string of the molecule is C#CCOP(=O)(O)c1c[n+](C)nc2ccccc12. The monoisotopic (exact) mass is 263 g/mol. The number of hydrogen-bond acceptors (Lipinski definition) is 3. The van der Waals surface area contributed by atoms with E-state index < -0.39 is 7.60 Å². The Labute approximate surface area is 105 Å². The van der Waals surface area contributed by atoms with Crippen LogP contribution >= 0.6 is 7.60 Å². The first-order valence-corrected chi connectivity index (χ1v) is 6.79. The second-order valence-electron chi connectivity index (χ2n) is 3.70. The Kier molecular flexibility index (Phi) is 3.44. The molecule has 18 heavy (non-hydrogen) atoms. The Morgan fingerprint density at radius 1 is 1.56 bits per heavy atom. The van der Waals surface area contributed by atoms with Crippen molar-refractivity contribution in [2.75, 3.05) is 6.61 Å². The van der Waals surface area contributed by atoms with Crippen LogP contribution in [0.25, 0.3) is 10.9 Å². The van der Waals surface area contributed by atoms with Gasteiger partial charge in [0.05, 0.1) is 0 Å². The highest BCUT2D eigenvalue weighted by atomic mass is 31.2. The highest BCUT2D eigenvalue weighted by Gasteiger charge is 2.29. The molecule has 1 unspecified atom stereocenters. The summed E-state index contributed by atoms with van der Waals surface area (Å²) in [5, 5.41) is 5.00. The zero-order valence-corrected chi connectivity index (χ0v) is 10.7. The molecule has 2 rings (SSSR count). The first-order chi connectivity index (χ1) is 8.54. The van der Waals surface area contributed by atoms with E-state index in [1.165, 1.54) is 10.9 Å². The third-order valence-electron chi connectivity index (χ3n) is 2.38. The van der Waals surface area contributed by atoms with Crippen molar-refractivity contribution in [2.45, 2.75) is 0 Å². The summed E-state index contributed by atoms with van der Waals surface area (Å²) in [7, 11) is -2.26. The number of aryl methyl sites for hydroxylation is 1. The van der Waals surface area contributed by atoms with Crippen LogP contribution in [0.3, 0.4) is 0 Å². The average Bonchev–Trinajstić information content (AvgIpc) is 2.35. The van der Waals surface area contributed by atoms with Gasteiger partial charge in [-0.2, -0.15) is 0 Å². The lowest BCUT2D eigenvalue weighted by molar-refractivity contribution is -0.727. The first kappa shape index (κ1) is 12.7. The topological polar surface area (TPSA) is 63.3 Å². The predicted octanol–water partition coefficient (Wildman–Crippen LogP) is 0.520. The van der Waals surface area contributed by atoms with E-state index in [2.05, 4.69) is 11.0 Å². The van der Waals surface area contributed by atoms with Crippen molar-refractivity contribution in [1.82, 2.24) is 5.10 Å². The van der Waals surface area contributed by atoms with Gasteiger partial charge in [-0.3, -0.25) is 9.09 Å². The summed E-state index contributed by atoms with van der Waals surface area (Å²) in [5.41, 5.74) is 0.621. The maximum atomic E-state index is 12.1. The Morgan fingerprint density at radius 3 is 3.00 bits per heavy atom. The molecule has 0 radical (unpaired) electrons. The summed E-state index contributed by atoms with van der Waals surface area (Å²) in [6, 6.07) is 7.07. The van der Waals surface area contributed by atoms with Crippen molar-refractivity contribution < 1.29 is 18.7 Å². The van der Waals surface area contributed by atoms with Gasteiger partial charge in [-0.15, -0.1) is 6.42 Å². The molecule has 1 aromatic carbocycles. The van der Waals surface area contributed by atoms with Crippen LogP contribution in [0, 0.1) is 12.3 Å². The van der Waals surface area contributed by atoms with Crippen LogP contribution in [0.4, 0.5) is 0 Å². The molecule has 1 N–H and O–H groups in total.